The van der Waals surface area contributed by atoms with Gasteiger partial charge in [0, 0.05) is 0 Å². The third-order valence-electron chi connectivity index (χ3n) is 2.13. The van der Waals surface area contributed by atoms with Crippen molar-refractivity contribution in [3.8, 4) is 5.75 Å². The Labute approximate surface area is 95.2 Å². The number of aromatic hydroxyl groups is 1. The Morgan fingerprint density at radius 2 is 2.13 bits per heavy atom. The molecule has 3 N–H and O–H groups in total. The number of phenolic OH excluding ortho intramolecular Hbond substituents is 1. The summed E-state index contributed by atoms with van der Waals surface area (Å²) in [4.78, 5) is 0. The highest BCUT2D eigenvalue weighted by atomic mass is 79.9. The van der Waals surface area contributed by atoms with E-state index >= 15 is 0 Å². The molecule has 0 amide bonds. The van der Waals surface area contributed by atoms with Gasteiger partial charge in [-0.3, -0.25) is 0 Å². The van der Waals surface area contributed by atoms with Crippen LogP contribution in [0, 0.1) is 0 Å². The number of hydrogen-bond acceptors (Lipinski definition) is 2. The molecule has 1 aromatic rings. The SMILES string of the molecule is CC(N)(Cc1cccc(O)c1Br)C(F)F. The second-order valence-electron chi connectivity index (χ2n) is 3.73. The molecule has 0 bridgehead atoms. The van der Waals surface area contributed by atoms with E-state index in [0.717, 1.165) is 0 Å². The first-order chi connectivity index (χ1) is 6.84. The second-order valence-corrected chi connectivity index (χ2v) is 4.53. The Balaban J connectivity index is 2.95. The normalized spacial score (nSPS) is 15.3. The van der Waals surface area contributed by atoms with Crippen molar-refractivity contribution < 1.29 is 13.9 Å². The molecule has 0 aromatic heterocycles. The van der Waals surface area contributed by atoms with Crippen molar-refractivity contribution in [3.05, 3.63) is 28.2 Å². The van der Waals surface area contributed by atoms with Crippen LogP contribution in [0.1, 0.15) is 12.5 Å². The molecule has 0 saturated heterocycles. The number of nitrogens with two attached hydrogens (primary N) is 1. The summed E-state index contributed by atoms with van der Waals surface area (Å²) in [5, 5.41) is 9.36. The minimum Gasteiger partial charge on any atom is -0.507 e. The number of benzene rings is 1. The Hall–Kier alpha value is -0.680. The van der Waals surface area contributed by atoms with Crippen LogP contribution in [0.2, 0.25) is 0 Å². The van der Waals surface area contributed by atoms with Gasteiger partial charge in [0.2, 0.25) is 0 Å². The minimum atomic E-state index is -2.60. The van der Waals surface area contributed by atoms with E-state index in [2.05, 4.69) is 15.9 Å². The number of rotatable bonds is 3. The van der Waals surface area contributed by atoms with Crippen LogP contribution in [0.3, 0.4) is 0 Å². The van der Waals surface area contributed by atoms with Gasteiger partial charge < -0.3 is 10.8 Å². The molecule has 84 valence electrons. The minimum absolute atomic E-state index is 0.000347. The summed E-state index contributed by atoms with van der Waals surface area (Å²) in [6, 6.07) is 4.72. The monoisotopic (exact) mass is 279 g/mol. The molecule has 1 aromatic carbocycles. The zero-order chi connectivity index (χ0) is 11.6. The van der Waals surface area contributed by atoms with Crippen LogP contribution in [-0.2, 0) is 6.42 Å². The third kappa shape index (κ3) is 2.89. The maximum atomic E-state index is 12.5. The highest BCUT2D eigenvalue weighted by Crippen LogP contribution is 2.30. The zero-order valence-electron chi connectivity index (χ0n) is 8.17. The average Bonchev–Trinajstić information content (AvgIpc) is 2.12. The van der Waals surface area contributed by atoms with Crippen molar-refractivity contribution in [1.29, 1.82) is 0 Å². The van der Waals surface area contributed by atoms with Crippen molar-refractivity contribution in [2.75, 3.05) is 0 Å². The standard InChI is InChI=1S/C10H12BrF2NO/c1-10(14,9(12)13)5-6-3-2-4-7(15)8(6)11/h2-4,9,15H,5,14H2,1H3. The Morgan fingerprint density at radius 3 is 2.67 bits per heavy atom. The highest BCUT2D eigenvalue weighted by molar-refractivity contribution is 9.10. The molecule has 0 aliphatic rings. The van der Waals surface area contributed by atoms with E-state index in [1.54, 1.807) is 12.1 Å². The molecular weight excluding hydrogens is 268 g/mol. The van der Waals surface area contributed by atoms with Crippen LogP contribution in [-0.4, -0.2) is 17.1 Å². The van der Waals surface area contributed by atoms with Crippen molar-refractivity contribution in [3.63, 3.8) is 0 Å². The lowest BCUT2D eigenvalue weighted by Gasteiger charge is -2.24. The van der Waals surface area contributed by atoms with Gasteiger partial charge in [0.1, 0.15) is 5.75 Å². The topological polar surface area (TPSA) is 46.2 Å². The van der Waals surface area contributed by atoms with Crippen LogP contribution in [0.4, 0.5) is 8.78 Å². The second kappa shape index (κ2) is 4.45. The van der Waals surface area contributed by atoms with E-state index < -0.39 is 12.0 Å². The molecule has 0 aliphatic heterocycles. The van der Waals surface area contributed by atoms with E-state index in [-0.39, 0.29) is 12.2 Å². The number of alkyl halides is 2. The van der Waals surface area contributed by atoms with E-state index in [0.29, 0.717) is 10.0 Å². The first kappa shape index (κ1) is 12.4. The van der Waals surface area contributed by atoms with Gasteiger partial charge in [0.05, 0.1) is 10.0 Å². The summed E-state index contributed by atoms with van der Waals surface area (Å²) in [7, 11) is 0. The largest absolute Gasteiger partial charge is 0.507 e. The van der Waals surface area contributed by atoms with E-state index in [4.69, 9.17) is 5.73 Å². The average molecular weight is 280 g/mol. The summed E-state index contributed by atoms with van der Waals surface area (Å²) in [6.45, 7) is 1.29. The fourth-order valence-electron chi connectivity index (χ4n) is 1.19. The van der Waals surface area contributed by atoms with Gasteiger partial charge in [-0.25, -0.2) is 8.78 Å². The summed E-state index contributed by atoms with van der Waals surface area (Å²) >= 11 is 3.13. The van der Waals surface area contributed by atoms with E-state index in [9.17, 15) is 13.9 Å². The van der Waals surface area contributed by atoms with E-state index in [1.807, 2.05) is 0 Å². The first-order valence-electron chi connectivity index (χ1n) is 4.38. The molecule has 0 spiro atoms. The maximum absolute atomic E-state index is 12.5. The van der Waals surface area contributed by atoms with Gasteiger partial charge in [-0.1, -0.05) is 12.1 Å². The molecule has 0 saturated carbocycles. The van der Waals surface area contributed by atoms with Crippen molar-refractivity contribution in [2.24, 2.45) is 5.73 Å². The predicted molar refractivity (Wildman–Crippen MR) is 58.1 cm³/mol. The lowest BCUT2D eigenvalue weighted by Crippen LogP contribution is -2.45. The number of phenols is 1. The molecular formula is C10H12BrF2NO. The lowest BCUT2D eigenvalue weighted by molar-refractivity contribution is 0.0638. The van der Waals surface area contributed by atoms with Crippen LogP contribution in [0.15, 0.2) is 22.7 Å². The van der Waals surface area contributed by atoms with Crippen LogP contribution >= 0.6 is 15.9 Å². The summed E-state index contributed by atoms with van der Waals surface area (Å²) in [6.07, 6.45) is -2.61. The smallest absolute Gasteiger partial charge is 0.256 e. The number of halogens is 3. The molecule has 0 aliphatic carbocycles. The molecule has 0 fully saturated rings. The third-order valence-corrected chi connectivity index (χ3v) is 3.04. The zero-order valence-corrected chi connectivity index (χ0v) is 9.76. The van der Waals surface area contributed by atoms with Crippen LogP contribution in [0.5, 0.6) is 5.75 Å². The molecule has 1 rings (SSSR count). The summed E-state index contributed by atoms with van der Waals surface area (Å²) in [5.74, 6) is 0.0255. The Kier molecular flexibility index (Phi) is 3.67. The molecule has 0 heterocycles. The summed E-state index contributed by atoms with van der Waals surface area (Å²) in [5.41, 5.74) is 4.44. The van der Waals surface area contributed by atoms with Crippen LogP contribution in [0.25, 0.3) is 0 Å². The Morgan fingerprint density at radius 1 is 1.53 bits per heavy atom. The molecule has 2 nitrogen and oxygen atoms in total. The Bertz CT molecular complexity index is 355. The fourth-order valence-corrected chi connectivity index (χ4v) is 1.59. The van der Waals surface area contributed by atoms with Gasteiger partial charge in [-0.05, 0) is 40.9 Å². The highest BCUT2D eigenvalue weighted by Gasteiger charge is 2.31. The molecule has 5 heteroatoms. The molecule has 0 radical (unpaired) electrons. The van der Waals surface area contributed by atoms with Gasteiger partial charge in [-0.2, -0.15) is 0 Å². The van der Waals surface area contributed by atoms with Crippen molar-refractivity contribution >= 4 is 15.9 Å². The van der Waals surface area contributed by atoms with E-state index in [1.165, 1.54) is 13.0 Å². The van der Waals surface area contributed by atoms with Gasteiger partial charge in [0.15, 0.2) is 0 Å². The molecule has 15 heavy (non-hydrogen) atoms. The maximum Gasteiger partial charge on any atom is 0.256 e. The first-order valence-corrected chi connectivity index (χ1v) is 5.17. The predicted octanol–water partition coefficient (Wildman–Crippen LogP) is 2.68. The number of hydrogen-bond donors (Lipinski definition) is 2. The van der Waals surface area contributed by atoms with Gasteiger partial charge in [-0.15, -0.1) is 0 Å². The molecule has 1 unspecified atom stereocenters. The van der Waals surface area contributed by atoms with Gasteiger partial charge >= 0.3 is 0 Å². The van der Waals surface area contributed by atoms with Gasteiger partial charge in [0.25, 0.3) is 6.43 Å². The molecule has 1 atom stereocenters. The van der Waals surface area contributed by atoms with Crippen molar-refractivity contribution in [2.45, 2.75) is 25.3 Å². The quantitative estimate of drug-likeness (QED) is 0.894. The fraction of sp³-hybridized carbons (Fsp3) is 0.400. The summed E-state index contributed by atoms with van der Waals surface area (Å²) < 4.78 is 25.5. The lowest BCUT2D eigenvalue weighted by atomic mass is 9.94. The van der Waals surface area contributed by atoms with Crippen LogP contribution < -0.4 is 5.73 Å². The van der Waals surface area contributed by atoms with Crippen molar-refractivity contribution in [1.82, 2.24) is 0 Å².